The van der Waals surface area contributed by atoms with Gasteiger partial charge < -0.3 is 24.8 Å². The summed E-state index contributed by atoms with van der Waals surface area (Å²) >= 11 is 0. The van der Waals surface area contributed by atoms with Crippen molar-refractivity contribution < 1.29 is 51.1 Å². The Morgan fingerprint density at radius 2 is 1.82 bits per heavy atom. The molecule has 7 atom stereocenters. The fraction of sp³-hybridized carbons (Fsp3) is 0.533. The van der Waals surface area contributed by atoms with E-state index in [1.807, 2.05) is 0 Å². The van der Waals surface area contributed by atoms with Gasteiger partial charge in [0, 0.05) is 41.8 Å². The number of thiol groups is 1. The average Bonchev–Trinajstić information content (AvgIpc) is 3.44. The van der Waals surface area contributed by atoms with Crippen LogP contribution >= 0.6 is 10.9 Å². The topological polar surface area (TPSA) is 110 Å². The van der Waals surface area contributed by atoms with Crippen molar-refractivity contribution in [3.63, 3.8) is 0 Å². The zero-order valence-electron chi connectivity index (χ0n) is 24.7. The lowest BCUT2D eigenvalue weighted by molar-refractivity contribution is -0.148. The van der Waals surface area contributed by atoms with Crippen molar-refractivity contribution in [2.24, 2.45) is 0 Å². The quantitative estimate of drug-likeness (QED) is 0.164. The van der Waals surface area contributed by atoms with Gasteiger partial charge in [-0.1, -0.05) is 23.4 Å². The van der Waals surface area contributed by atoms with Gasteiger partial charge in [-0.3, -0.25) is 0 Å². The second-order valence-electron chi connectivity index (χ2n) is 12.2. The molecule has 3 aromatic rings. The van der Waals surface area contributed by atoms with Gasteiger partial charge in [0.2, 0.25) is 0 Å². The minimum absolute atomic E-state index is 0.00222. The summed E-state index contributed by atoms with van der Waals surface area (Å²) in [5.74, 6) is -4.47. The van der Waals surface area contributed by atoms with Crippen molar-refractivity contribution in [1.82, 2.24) is 15.0 Å². The van der Waals surface area contributed by atoms with Gasteiger partial charge in [0.15, 0.2) is 17.5 Å². The Morgan fingerprint density at radius 3 is 2.42 bits per heavy atom. The van der Waals surface area contributed by atoms with Crippen LogP contribution in [0.2, 0.25) is 0 Å². The van der Waals surface area contributed by atoms with Crippen LogP contribution in [0.3, 0.4) is 0 Å². The SMILES string of the molecule is CO[C@H]1C[SH]([C@H](c2ccccc2C(F)(F)F)[C@]2(O)CCOC(C)(C)C2)[C@H](CO)[C@H](O)[C@@H]1n1cc(-c2cc(F)c(F)c(F)c2)nn1. The summed E-state index contributed by atoms with van der Waals surface area (Å²) in [6.45, 7) is 2.94. The molecule has 0 bridgehead atoms. The minimum Gasteiger partial charge on any atom is -0.395 e. The van der Waals surface area contributed by atoms with Crippen LogP contribution in [0.1, 0.15) is 49.1 Å². The molecule has 0 radical (unpaired) electrons. The number of aliphatic hydroxyl groups excluding tert-OH is 2. The van der Waals surface area contributed by atoms with Gasteiger partial charge in [0.1, 0.15) is 11.7 Å². The predicted molar refractivity (Wildman–Crippen MR) is 154 cm³/mol. The molecule has 0 aliphatic carbocycles. The standard InChI is InChI=1S/C30H35F6N3O5S/c1-28(2)15-29(42,8-9-44-28)27(17-6-4-5-7-18(17)30(34,35)36)45-14-22(43-3)25(26(41)23(45)13-40)39-12-21(37-38-39)16-10-19(31)24(33)20(32)11-16/h4-7,10-12,22-23,25-27,40-42,45H,8-9,13-15H2,1-3H3/t22-,23+,25+,26-,27+,29-/m0/s1. The molecule has 248 valence electrons. The molecule has 1 unspecified atom stereocenters. The van der Waals surface area contributed by atoms with E-state index in [1.54, 1.807) is 13.8 Å². The molecule has 2 fully saturated rings. The number of rotatable bonds is 7. The van der Waals surface area contributed by atoms with Crippen LogP contribution < -0.4 is 0 Å². The van der Waals surface area contributed by atoms with E-state index < -0.39 is 86.6 Å². The molecule has 0 saturated carbocycles. The van der Waals surface area contributed by atoms with Crippen molar-refractivity contribution in [2.45, 2.75) is 72.8 Å². The minimum atomic E-state index is -4.75. The second kappa shape index (κ2) is 12.5. The molecule has 3 heterocycles. The number of ether oxygens (including phenoxy) is 2. The van der Waals surface area contributed by atoms with E-state index in [2.05, 4.69) is 10.3 Å². The number of aromatic nitrogens is 3. The summed E-state index contributed by atoms with van der Waals surface area (Å²) in [5.41, 5.74) is -3.78. The van der Waals surface area contributed by atoms with Crippen molar-refractivity contribution in [3.8, 4) is 11.3 Å². The number of aliphatic hydroxyl groups is 3. The summed E-state index contributed by atoms with van der Waals surface area (Å²) in [7, 11) is -0.483. The molecular formula is C30H35F6N3O5S. The van der Waals surface area contributed by atoms with E-state index in [1.165, 1.54) is 36.2 Å². The molecule has 15 heteroatoms. The normalized spacial score (nSPS) is 30.3. The maximum Gasteiger partial charge on any atom is 0.416 e. The number of alkyl halides is 3. The van der Waals surface area contributed by atoms with Crippen LogP contribution in [0, 0.1) is 17.5 Å². The first-order valence-corrected chi connectivity index (χ1v) is 15.9. The largest absolute Gasteiger partial charge is 0.416 e. The van der Waals surface area contributed by atoms with E-state index in [0.29, 0.717) is 0 Å². The summed E-state index contributed by atoms with van der Waals surface area (Å²) < 4.78 is 97.3. The molecule has 5 rings (SSSR count). The maximum atomic E-state index is 14.4. The molecular weight excluding hydrogens is 628 g/mol. The molecule has 2 saturated heterocycles. The number of hydrogen-bond acceptors (Lipinski definition) is 7. The van der Waals surface area contributed by atoms with Crippen molar-refractivity contribution in [3.05, 3.63) is 71.2 Å². The molecule has 0 amide bonds. The van der Waals surface area contributed by atoms with Crippen LogP contribution in [0.15, 0.2) is 42.6 Å². The zero-order valence-corrected chi connectivity index (χ0v) is 25.6. The number of halogens is 6. The summed E-state index contributed by atoms with van der Waals surface area (Å²) in [6, 6.07) is 5.47. The molecule has 45 heavy (non-hydrogen) atoms. The number of hydrogen-bond donors (Lipinski definition) is 4. The highest BCUT2D eigenvalue weighted by molar-refractivity contribution is 8.18. The van der Waals surface area contributed by atoms with E-state index >= 15 is 0 Å². The van der Waals surface area contributed by atoms with E-state index in [9.17, 15) is 41.7 Å². The zero-order chi connectivity index (χ0) is 32.9. The highest BCUT2D eigenvalue weighted by Crippen LogP contribution is 2.61. The Kier molecular flexibility index (Phi) is 9.34. The molecule has 2 aromatic carbocycles. The third kappa shape index (κ3) is 6.47. The van der Waals surface area contributed by atoms with Gasteiger partial charge in [0.25, 0.3) is 0 Å². The molecule has 3 N–H and O–H groups in total. The number of nitrogens with zero attached hydrogens (tertiary/aromatic N) is 3. The van der Waals surface area contributed by atoms with E-state index in [4.69, 9.17) is 9.47 Å². The van der Waals surface area contributed by atoms with Gasteiger partial charge in [-0.2, -0.15) is 13.2 Å². The fourth-order valence-electron chi connectivity index (χ4n) is 6.79. The lowest BCUT2D eigenvalue weighted by Gasteiger charge is -2.55. The Hall–Kier alpha value is -2.69. The Bertz CT molecular complexity index is 1500. The Morgan fingerprint density at radius 1 is 1.16 bits per heavy atom. The summed E-state index contributed by atoms with van der Waals surface area (Å²) in [6.07, 6.45) is -5.78. The molecule has 2 aliphatic rings. The predicted octanol–water partition coefficient (Wildman–Crippen LogP) is 4.74. The highest BCUT2D eigenvalue weighted by atomic mass is 32.2. The molecule has 0 spiro atoms. The first-order chi connectivity index (χ1) is 21.1. The molecule has 2 aliphatic heterocycles. The van der Waals surface area contributed by atoms with Gasteiger partial charge in [-0.05, 0) is 37.6 Å². The lowest BCUT2D eigenvalue weighted by atomic mass is 9.79. The smallest absolute Gasteiger partial charge is 0.395 e. The lowest BCUT2D eigenvalue weighted by Crippen LogP contribution is -2.55. The Balaban J connectivity index is 1.58. The van der Waals surface area contributed by atoms with Crippen LogP contribution in [0.25, 0.3) is 11.3 Å². The maximum absolute atomic E-state index is 14.4. The summed E-state index contributed by atoms with van der Waals surface area (Å²) in [4.78, 5) is 0. The van der Waals surface area contributed by atoms with Crippen LogP contribution in [-0.2, 0) is 15.7 Å². The third-order valence-electron chi connectivity index (χ3n) is 8.69. The van der Waals surface area contributed by atoms with Crippen LogP contribution in [-0.4, -0.2) is 85.0 Å². The van der Waals surface area contributed by atoms with Gasteiger partial charge >= 0.3 is 6.18 Å². The van der Waals surface area contributed by atoms with Crippen molar-refractivity contribution in [1.29, 1.82) is 0 Å². The fourth-order valence-corrected chi connectivity index (χ4v) is 10.6. The summed E-state index contributed by atoms with van der Waals surface area (Å²) in [5, 5.41) is 40.4. The highest BCUT2D eigenvalue weighted by Gasteiger charge is 2.55. The third-order valence-corrected chi connectivity index (χ3v) is 12.2. The number of methoxy groups -OCH3 is 1. The number of benzene rings is 2. The van der Waals surface area contributed by atoms with Crippen LogP contribution in [0.4, 0.5) is 26.3 Å². The van der Waals surface area contributed by atoms with Crippen molar-refractivity contribution >= 4 is 10.9 Å². The monoisotopic (exact) mass is 663 g/mol. The van der Waals surface area contributed by atoms with Gasteiger partial charge in [-0.25, -0.2) is 28.7 Å². The first kappa shape index (κ1) is 33.7. The van der Waals surface area contributed by atoms with Gasteiger partial charge in [0.05, 0.1) is 48.4 Å². The van der Waals surface area contributed by atoms with Gasteiger partial charge in [-0.15, -0.1) is 5.10 Å². The van der Waals surface area contributed by atoms with E-state index in [-0.39, 0.29) is 42.0 Å². The van der Waals surface area contributed by atoms with Crippen LogP contribution in [0.5, 0.6) is 0 Å². The van der Waals surface area contributed by atoms with E-state index in [0.717, 1.165) is 18.2 Å². The second-order valence-corrected chi connectivity index (χ2v) is 14.7. The molecule has 1 aromatic heterocycles. The Labute approximate surface area is 258 Å². The average molecular weight is 664 g/mol. The molecule has 8 nitrogen and oxygen atoms in total. The first-order valence-electron chi connectivity index (χ1n) is 14.3. The van der Waals surface area contributed by atoms with Crippen molar-refractivity contribution in [2.75, 3.05) is 26.1 Å².